The summed E-state index contributed by atoms with van der Waals surface area (Å²) in [6.45, 7) is 2.28. The van der Waals surface area contributed by atoms with Crippen LogP contribution in [0.5, 0.6) is 5.75 Å². The number of aromatic nitrogens is 1. The Balaban J connectivity index is 0.000000668. The van der Waals surface area contributed by atoms with Crippen molar-refractivity contribution in [2.24, 2.45) is 4.99 Å². The van der Waals surface area contributed by atoms with Crippen molar-refractivity contribution in [3.8, 4) is 16.3 Å². The monoisotopic (exact) mass is 492 g/mol. The fourth-order valence-corrected chi connectivity index (χ4v) is 4.46. The molecule has 2 aliphatic rings. The van der Waals surface area contributed by atoms with Gasteiger partial charge in [-0.3, -0.25) is 4.55 Å². The van der Waals surface area contributed by atoms with Gasteiger partial charge >= 0.3 is 10.6 Å². The van der Waals surface area contributed by atoms with Gasteiger partial charge in [-0.15, -0.1) is 24.0 Å². The number of ether oxygens (including phenoxy) is 1. The van der Waals surface area contributed by atoms with Crippen LogP contribution >= 0.6 is 11.3 Å². The molecule has 1 aliphatic heterocycles. The fraction of sp³-hybridized carbons (Fsp3) is 0.100. The van der Waals surface area contributed by atoms with Crippen molar-refractivity contribution in [1.82, 2.24) is 4.98 Å². The fourth-order valence-electron chi connectivity index (χ4n) is 2.85. The maximum Gasteiger partial charge on any atom is 0.425 e. The van der Waals surface area contributed by atoms with Gasteiger partial charge in [-0.05, 0) is 37.3 Å². The first-order valence-electron chi connectivity index (χ1n) is 9.03. The first-order valence-corrected chi connectivity index (χ1v) is 12.3. The Morgan fingerprint density at radius 2 is 1.72 bits per heavy atom. The molecule has 0 spiro atoms. The number of hydrogen-bond acceptors (Lipinski definition) is 9. The van der Waals surface area contributed by atoms with E-state index in [0.29, 0.717) is 17.7 Å². The lowest BCUT2D eigenvalue weighted by molar-refractivity contribution is 0.336. The molecule has 1 heterocycles. The minimum atomic E-state index is -4.39. The summed E-state index contributed by atoms with van der Waals surface area (Å²) in [6.07, 6.45) is 0. The third-order valence-corrected chi connectivity index (χ3v) is 6.06. The predicted octanol–water partition coefficient (Wildman–Crippen LogP) is 3.27. The predicted molar refractivity (Wildman–Crippen MR) is 119 cm³/mol. The van der Waals surface area contributed by atoms with E-state index in [1.54, 1.807) is 23.5 Å². The minimum absolute atomic E-state index is 0.143. The number of fused-ring (bicyclic) bond motifs is 2. The zero-order valence-corrected chi connectivity index (χ0v) is 18.9. The molecule has 0 unspecified atom stereocenters. The van der Waals surface area contributed by atoms with E-state index in [-0.39, 0.29) is 10.6 Å². The van der Waals surface area contributed by atoms with Crippen molar-refractivity contribution in [3.05, 3.63) is 66.0 Å². The highest BCUT2D eigenvalue weighted by Gasteiger charge is 2.16. The van der Waals surface area contributed by atoms with Gasteiger partial charge in [0.05, 0.1) is 33.1 Å². The number of para-hydroxylation sites is 2. The largest absolute Gasteiger partial charge is 0.492 e. The van der Waals surface area contributed by atoms with E-state index in [4.69, 9.17) is 17.4 Å². The zero-order chi connectivity index (χ0) is 23.3. The molecular formula is C20H16N2O7S3. The summed E-state index contributed by atoms with van der Waals surface area (Å²) >= 11 is 1.57. The molecule has 0 fully saturated rings. The second-order valence-electron chi connectivity index (χ2n) is 6.16. The second kappa shape index (κ2) is 9.96. The maximum absolute atomic E-state index is 11.7. The molecule has 9 nitrogen and oxygen atoms in total. The maximum atomic E-state index is 11.7. The smallest absolute Gasteiger partial charge is 0.425 e. The Morgan fingerprint density at radius 3 is 2.41 bits per heavy atom. The zero-order valence-electron chi connectivity index (χ0n) is 16.5. The molecule has 0 radical (unpaired) electrons. The molecule has 0 aromatic heterocycles. The van der Waals surface area contributed by atoms with Gasteiger partial charge in [-0.1, -0.05) is 24.3 Å². The summed E-state index contributed by atoms with van der Waals surface area (Å²) in [6, 6.07) is 17.5. The number of nitrogens with zero attached hydrogens (tertiary/aromatic N) is 2. The standard InChI is InChI=1S/C20H16N2O4S2.O3S/c1-2-26-17-11-16-19(27-18-9-5-3-7-13(18)21-16)12-15(17)22-14-8-4-6-10-20(14)28(23,24)25;1-4(2)3/h3-12H,2H2,1H3,(H,23,24,25);. The van der Waals surface area contributed by atoms with E-state index in [9.17, 15) is 13.0 Å². The lowest BCUT2D eigenvalue weighted by Crippen LogP contribution is -2.10. The van der Waals surface area contributed by atoms with Gasteiger partial charge in [0.1, 0.15) is 16.0 Å². The highest BCUT2D eigenvalue weighted by molar-refractivity contribution is 7.86. The second-order valence-corrected chi connectivity index (χ2v) is 9.04. The Morgan fingerprint density at radius 1 is 1.06 bits per heavy atom. The summed E-state index contributed by atoms with van der Waals surface area (Å²) in [5.41, 5.74) is 1.81. The highest BCUT2D eigenvalue weighted by Crippen LogP contribution is 2.32. The Kier molecular flexibility index (Phi) is 7.30. The van der Waals surface area contributed by atoms with E-state index in [2.05, 4.69) is 9.98 Å². The summed E-state index contributed by atoms with van der Waals surface area (Å²) in [5.74, 6) is 0.495. The molecule has 166 valence electrons. The number of hydrogen-bond donors (Lipinski definition) is 1. The van der Waals surface area contributed by atoms with Crippen LogP contribution in [0.15, 0.2) is 70.6 Å². The quantitative estimate of drug-likeness (QED) is 0.338. The summed E-state index contributed by atoms with van der Waals surface area (Å²) in [4.78, 5) is 9.79. The van der Waals surface area contributed by atoms with E-state index < -0.39 is 20.7 Å². The van der Waals surface area contributed by atoms with Gasteiger partial charge < -0.3 is 4.74 Å². The first-order chi connectivity index (χ1) is 15.2. The topological polar surface area (TPSA) is 140 Å². The molecule has 32 heavy (non-hydrogen) atoms. The third kappa shape index (κ3) is 5.73. The highest BCUT2D eigenvalue weighted by atomic mass is 32.2. The summed E-state index contributed by atoms with van der Waals surface area (Å²) < 4.78 is 64.9. The van der Waals surface area contributed by atoms with Crippen molar-refractivity contribution in [3.63, 3.8) is 0 Å². The molecule has 0 atom stereocenters. The first kappa shape index (κ1) is 23.5. The SMILES string of the molecule is CCOc1cc2nc3ccccc3sc-2cc1=Nc1ccccc1S(=O)(=O)O.O=S(=O)=O. The van der Waals surface area contributed by atoms with Crippen LogP contribution in [0, 0.1) is 0 Å². The molecule has 12 heteroatoms. The lowest BCUT2D eigenvalue weighted by Gasteiger charge is -2.10. The number of rotatable bonds is 4. The molecule has 0 amide bonds. The van der Waals surface area contributed by atoms with Crippen molar-refractivity contribution in [2.75, 3.05) is 6.61 Å². The van der Waals surface area contributed by atoms with Crippen LogP contribution in [0.25, 0.3) is 20.8 Å². The molecular weight excluding hydrogens is 476 g/mol. The van der Waals surface area contributed by atoms with Gasteiger partial charge in [0.2, 0.25) is 0 Å². The van der Waals surface area contributed by atoms with Crippen LogP contribution < -0.4 is 10.1 Å². The van der Waals surface area contributed by atoms with Gasteiger partial charge in [0, 0.05) is 6.07 Å². The molecule has 2 aromatic carbocycles. The van der Waals surface area contributed by atoms with Crippen molar-refractivity contribution in [2.45, 2.75) is 11.8 Å². The van der Waals surface area contributed by atoms with Crippen LogP contribution in [0.1, 0.15) is 6.92 Å². The molecule has 1 N–H and O–H groups in total. The minimum Gasteiger partial charge on any atom is -0.492 e. The molecule has 0 saturated carbocycles. The van der Waals surface area contributed by atoms with Gasteiger partial charge in [0.25, 0.3) is 10.1 Å². The van der Waals surface area contributed by atoms with Gasteiger partial charge in [-0.25, -0.2) is 9.98 Å². The molecule has 4 rings (SSSR count). The van der Waals surface area contributed by atoms with E-state index in [1.807, 2.05) is 37.3 Å². The molecule has 0 bridgehead atoms. The normalized spacial score (nSPS) is 11.8. The molecule has 0 saturated heterocycles. The Labute approximate surface area is 188 Å². The van der Waals surface area contributed by atoms with Crippen LogP contribution in [-0.2, 0) is 20.7 Å². The summed E-state index contributed by atoms with van der Waals surface area (Å²) in [7, 11) is -7.51. The van der Waals surface area contributed by atoms with Gasteiger partial charge in [0.15, 0.2) is 0 Å². The third-order valence-electron chi connectivity index (χ3n) is 4.05. The average Bonchev–Trinajstić information content (AvgIpc) is 2.72. The van der Waals surface area contributed by atoms with Crippen LogP contribution in [-0.4, -0.2) is 37.2 Å². The van der Waals surface area contributed by atoms with Crippen molar-refractivity contribution < 1.29 is 30.3 Å². The lowest BCUT2D eigenvalue weighted by atomic mass is 10.2. The Bertz CT molecular complexity index is 1520. The molecule has 1 aliphatic carbocycles. The Hall–Kier alpha value is -3.19. The van der Waals surface area contributed by atoms with E-state index in [1.165, 1.54) is 18.2 Å². The van der Waals surface area contributed by atoms with Crippen molar-refractivity contribution in [1.29, 1.82) is 0 Å². The van der Waals surface area contributed by atoms with Crippen LogP contribution in [0.2, 0.25) is 0 Å². The average molecular weight is 493 g/mol. The van der Waals surface area contributed by atoms with Crippen LogP contribution in [0.4, 0.5) is 5.69 Å². The van der Waals surface area contributed by atoms with E-state index >= 15 is 0 Å². The number of benzene rings is 3. The van der Waals surface area contributed by atoms with Crippen LogP contribution in [0.3, 0.4) is 0 Å². The van der Waals surface area contributed by atoms with E-state index in [0.717, 1.165) is 20.8 Å². The molecule has 2 aromatic rings. The van der Waals surface area contributed by atoms with Gasteiger partial charge in [-0.2, -0.15) is 8.42 Å². The summed E-state index contributed by atoms with van der Waals surface area (Å²) in [5, 5.41) is 0.471. The van der Waals surface area contributed by atoms with Crippen molar-refractivity contribution >= 4 is 48.0 Å².